The average Bonchev–Trinajstić information content (AvgIpc) is 2.86. The number of ether oxygens (including phenoxy) is 1. The zero-order valence-corrected chi connectivity index (χ0v) is 14.7. The van der Waals surface area contributed by atoms with Crippen molar-refractivity contribution in [3.8, 4) is 6.07 Å². The third kappa shape index (κ3) is 3.12. The average molecular weight is 370 g/mol. The number of hydrogen-bond acceptors (Lipinski definition) is 5. The van der Waals surface area contributed by atoms with E-state index in [1.807, 2.05) is 19.9 Å². The van der Waals surface area contributed by atoms with E-state index < -0.39 is 42.0 Å². The first-order valence-electron chi connectivity index (χ1n) is 8.39. The van der Waals surface area contributed by atoms with Gasteiger partial charge < -0.3 is 10.5 Å². The van der Waals surface area contributed by atoms with Gasteiger partial charge in [-0.15, -0.1) is 0 Å². The number of hydrogen-bond donors (Lipinski definition) is 1. The summed E-state index contributed by atoms with van der Waals surface area (Å²) in [4.78, 5) is 12.8. The summed E-state index contributed by atoms with van der Waals surface area (Å²) in [7, 11) is 1.38. The molecule has 0 unspecified atom stereocenters. The minimum atomic E-state index is -4.69. The fourth-order valence-electron chi connectivity index (χ4n) is 4.33. The Kier molecular flexibility index (Phi) is 4.40. The number of nitriles is 1. The van der Waals surface area contributed by atoms with Gasteiger partial charge in [-0.3, -0.25) is 9.48 Å². The first kappa shape index (κ1) is 18.9. The van der Waals surface area contributed by atoms with Gasteiger partial charge >= 0.3 is 6.18 Å². The van der Waals surface area contributed by atoms with E-state index >= 15 is 0 Å². The van der Waals surface area contributed by atoms with Crippen LogP contribution in [0.2, 0.25) is 0 Å². The van der Waals surface area contributed by atoms with E-state index in [1.54, 1.807) is 0 Å². The van der Waals surface area contributed by atoms with Gasteiger partial charge in [-0.25, -0.2) is 0 Å². The van der Waals surface area contributed by atoms with Gasteiger partial charge in [0.1, 0.15) is 12.0 Å². The Labute approximate surface area is 149 Å². The van der Waals surface area contributed by atoms with Crippen molar-refractivity contribution in [3.63, 3.8) is 0 Å². The Morgan fingerprint density at radius 3 is 2.65 bits per heavy atom. The maximum Gasteiger partial charge on any atom is 0.435 e. The van der Waals surface area contributed by atoms with E-state index in [0.29, 0.717) is 6.42 Å². The van der Waals surface area contributed by atoms with Crippen molar-refractivity contribution in [2.75, 3.05) is 0 Å². The molecular weight excluding hydrogens is 349 g/mol. The van der Waals surface area contributed by atoms with E-state index in [0.717, 1.165) is 4.68 Å². The van der Waals surface area contributed by atoms with Crippen molar-refractivity contribution in [1.82, 2.24) is 9.78 Å². The molecule has 1 saturated heterocycles. The summed E-state index contributed by atoms with van der Waals surface area (Å²) in [5.41, 5.74) is 4.40. The van der Waals surface area contributed by atoms with Crippen molar-refractivity contribution >= 4 is 5.78 Å². The molecule has 2 fully saturated rings. The van der Waals surface area contributed by atoms with Crippen LogP contribution in [-0.2, 0) is 22.8 Å². The van der Waals surface area contributed by atoms with Crippen LogP contribution in [0.1, 0.15) is 43.9 Å². The van der Waals surface area contributed by atoms with Gasteiger partial charge in [-0.2, -0.15) is 23.5 Å². The number of carbonyl (C=O) groups excluding carboxylic acids is 1. The number of ketones is 1. The first-order chi connectivity index (χ1) is 11.9. The predicted octanol–water partition coefficient (Wildman–Crippen LogP) is 2.35. The second-order valence-electron chi connectivity index (χ2n) is 7.96. The number of Topliss-reactive ketones (excluding diaryl/α,β-unsaturated/α-hetero) is 1. The van der Waals surface area contributed by atoms with E-state index in [4.69, 9.17) is 10.5 Å². The Morgan fingerprint density at radius 1 is 1.42 bits per heavy atom. The Hall–Kier alpha value is -1.92. The third-order valence-electron chi connectivity index (χ3n) is 5.27. The number of nitrogens with two attached hydrogens (primary N) is 1. The standard InChI is InChI=1S/C17H21F3N4O2/c1-16(2)4-10(25)13-11(5-16)26-15(22)8(6-21)12(13)9-7-24(3)23-14(9)17(18,19)20/h7-8,11-13,15H,4-5,22H2,1-3H3/t8-,11-,12-,13-,15+/m0/s1. The van der Waals surface area contributed by atoms with Crippen LogP contribution in [0.5, 0.6) is 0 Å². The number of aryl methyl sites for hydroxylation is 1. The maximum absolute atomic E-state index is 13.5. The quantitative estimate of drug-likeness (QED) is 0.819. The molecule has 0 amide bonds. The Bertz CT molecular complexity index is 765. The lowest BCUT2D eigenvalue weighted by Gasteiger charge is -2.48. The molecule has 1 saturated carbocycles. The van der Waals surface area contributed by atoms with Crippen LogP contribution in [0.25, 0.3) is 0 Å². The molecule has 6 nitrogen and oxygen atoms in total. The molecule has 2 heterocycles. The van der Waals surface area contributed by atoms with Crippen molar-refractivity contribution in [2.24, 2.45) is 30.0 Å². The molecule has 2 N–H and O–H groups in total. The molecule has 0 radical (unpaired) electrons. The van der Waals surface area contributed by atoms with Gasteiger partial charge in [-0.05, 0) is 11.8 Å². The number of carbonyl (C=O) groups is 1. The highest BCUT2D eigenvalue weighted by Gasteiger charge is 2.55. The van der Waals surface area contributed by atoms with Gasteiger partial charge in [0, 0.05) is 31.1 Å². The van der Waals surface area contributed by atoms with Crippen LogP contribution >= 0.6 is 0 Å². The molecule has 9 heteroatoms. The highest BCUT2D eigenvalue weighted by atomic mass is 19.4. The molecule has 142 valence electrons. The Balaban J connectivity index is 2.14. The summed E-state index contributed by atoms with van der Waals surface area (Å²) >= 11 is 0. The largest absolute Gasteiger partial charge is 0.435 e. The maximum atomic E-state index is 13.5. The highest BCUT2D eigenvalue weighted by molar-refractivity contribution is 5.84. The predicted molar refractivity (Wildman–Crippen MR) is 84.4 cm³/mol. The van der Waals surface area contributed by atoms with E-state index in [-0.39, 0.29) is 23.2 Å². The number of halogens is 3. The zero-order valence-electron chi connectivity index (χ0n) is 14.7. The fraction of sp³-hybridized carbons (Fsp3) is 0.706. The minimum Gasteiger partial charge on any atom is -0.358 e. The lowest BCUT2D eigenvalue weighted by atomic mass is 9.61. The van der Waals surface area contributed by atoms with E-state index in [1.165, 1.54) is 13.2 Å². The fourth-order valence-corrected chi connectivity index (χ4v) is 4.33. The van der Waals surface area contributed by atoms with Gasteiger partial charge in [0.05, 0.1) is 24.0 Å². The summed E-state index contributed by atoms with van der Waals surface area (Å²) in [6, 6.07) is 1.96. The number of aromatic nitrogens is 2. The van der Waals surface area contributed by atoms with Gasteiger partial charge in [0.25, 0.3) is 0 Å². The van der Waals surface area contributed by atoms with Gasteiger partial charge in [-0.1, -0.05) is 13.8 Å². The lowest BCUT2D eigenvalue weighted by Crippen LogP contribution is -2.56. The van der Waals surface area contributed by atoms with Crippen molar-refractivity contribution in [1.29, 1.82) is 5.26 Å². The monoisotopic (exact) mass is 370 g/mol. The second kappa shape index (κ2) is 6.06. The minimum absolute atomic E-state index is 0.159. The van der Waals surface area contributed by atoms with Gasteiger partial charge in [0.15, 0.2) is 5.69 Å². The molecule has 1 aromatic rings. The molecule has 0 aromatic carbocycles. The van der Waals surface area contributed by atoms with Crippen LogP contribution in [0.15, 0.2) is 6.20 Å². The third-order valence-corrected chi connectivity index (χ3v) is 5.27. The molecule has 26 heavy (non-hydrogen) atoms. The molecule has 3 rings (SSSR count). The second-order valence-corrected chi connectivity index (χ2v) is 7.96. The van der Waals surface area contributed by atoms with Crippen LogP contribution in [-0.4, -0.2) is 27.9 Å². The van der Waals surface area contributed by atoms with Crippen molar-refractivity contribution in [3.05, 3.63) is 17.5 Å². The topological polar surface area (TPSA) is 93.9 Å². The molecular formula is C17H21F3N4O2. The Morgan fingerprint density at radius 2 is 2.08 bits per heavy atom. The van der Waals surface area contributed by atoms with Crippen LogP contribution in [0, 0.1) is 28.6 Å². The number of rotatable bonds is 1. The summed E-state index contributed by atoms with van der Waals surface area (Å²) < 4.78 is 47.2. The molecule has 0 spiro atoms. The summed E-state index contributed by atoms with van der Waals surface area (Å²) in [6.45, 7) is 3.82. The normalized spacial score (nSPS) is 34.2. The molecule has 1 aliphatic carbocycles. The first-order valence-corrected chi connectivity index (χ1v) is 8.39. The van der Waals surface area contributed by atoms with Gasteiger partial charge in [0.2, 0.25) is 0 Å². The SMILES string of the molecule is Cn1cc([C@@H]2[C@H](C#N)[C@H](N)O[C@H]3CC(C)(C)CC(=O)[C@H]23)c(C(F)(F)F)n1. The lowest BCUT2D eigenvalue weighted by molar-refractivity contribution is -0.166. The van der Waals surface area contributed by atoms with Crippen LogP contribution in [0.3, 0.4) is 0 Å². The van der Waals surface area contributed by atoms with E-state index in [9.17, 15) is 23.2 Å². The van der Waals surface area contributed by atoms with Crippen LogP contribution in [0.4, 0.5) is 13.2 Å². The number of alkyl halides is 3. The molecule has 0 bridgehead atoms. The van der Waals surface area contributed by atoms with Crippen LogP contribution < -0.4 is 5.73 Å². The summed E-state index contributed by atoms with van der Waals surface area (Å²) in [5.74, 6) is -3.09. The number of nitrogens with zero attached hydrogens (tertiary/aromatic N) is 3. The van der Waals surface area contributed by atoms with E-state index in [2.05, 4.69) is 5.10 Å². The number of fused-ring (bicyclic) bond motifs is 1. The highest BCUT2D eigenvalue weighted by Crippen LogP contribution is 2.51. The molecule has 1 aromatic heterocycles. The molecule has 5 atom stereocenters. The van der Waals surface area contributed by atoms with Crippen molar-refractivity contribution in [2.45, 2.75) is 51.1 Å². The molecule has 2 aliphatic rings. The van der Waals surface area contributed by atoms with Crippen molar-refractivity contribution < 1.29 is 22.7 Å². The smallest absolute Gasteiger partial charge is 0.358 e. The summed E-state index contributed by atoms with van der Waals surface area (Å²) in [6.07, 6.45) is -4.41. The summed E-state index contributed by atoms with van der Waals surface area (Å²) in [5, 5.41) is 13.1. The molecule has 1 aliphatic heterocycles. The zero-order chi connectivity index (χ0) is 19.4.